The summed E-state index contributed by atoms with van der Waals surface area (Å²) >= 11 is 0. The molecular weight excluding hydrogens is 235 g/mol. The Morgan fingerprint density at radius 2 is 2.39 bits per heavy atom. The number of hydrogen-bond acceptors (Lipinski definition) is 3. The molecule has 1 aromatic rings. The number of nitrogens with zero attached hydrogens (tertiary/aromatic N) is 1. The number of benzene rings is 1. The first-order chi connectivity index (χ1) is 8.58. The molecule has 2 rings (SSSR count). The summed E-state index contributed by atoms with van der Waals surface area (Å²) in [5.41, 5.74) is 1.54. The van der Waals surface area contributed by atoms with Gasteiger partial charge in [0, 0.05) is 26.2 Å². The first-order valence-electron chi connectivity index (χ1n) is 6.00. The highest BCUT2D eigenvalue weighted by molar-refractivity contribution is 5.74. The van der Waals surface area contributed by atoms with Crippen LogP contribution in [0.2, 0.25) is 0 Å². The first kappa shape index (κ1) is 13.0. The fourth-order valence-electron chi connectivity index (χ4n) is 2.22. The molecule has 1 aromatic carbocycles. The van der Waals surface area contributed by atoms with Gasteiger partial charge >= 0.3 is 5.97 Å². The van der Waals surface area contributed by atoms with E-state index >= 15 is 0 Å². The van der Waals surface area contributed by atoms with Crippen LogP contribution in [0.5, 0.6) is 0 Å². The molecule has 1 fully saturated rings. The summed E-state index contributed by atoms with van der Waals surface area (Å²) in [4.78, 5) is 13.0. The molecule has 5 heteroatoms. The summed E-state index contributed by atoms with van der Waals surface area (Å²) in [6.07, 6.45) is 0. The number of carboxylic acids is 1. The average Bonchev–Trinajstić information content (AvgIpc) is 2.34. The molecular formula is C13H17FN2O2. The predicted octanol–water partition coefficient (Wildman–Crippen LogP) is 0.993. The van der Waals surface area contributed by atoms with E-state index in [0.29, 0.717) is 25.2 Å². The molecule has 1 saturated heterocycles. The molecule has 1 atom stereocenters. The average molecular weight is 252 g/mol. The van der Waals surface area contributed by atoms with Crippen molar-refractivity contribution >= 4 is 5.97 Å². The van der Waals surface area contributed by atoms with Gasteiger partial charge in [-0.3, -0.25) is 9.69 Å². The third-order valence-electron chi connectivity index (χ3n) is 3.25. The molecule has 0 aromatic heterocycles. The fraction of sp³-hybridized carbons (Fsp3) is 0.462. The molecule has 18 heavy (non-hydrogen) atoms. The Morgan fingerprint density at radius 1 is 1.61 bits per heavy atom. The minimum absolute atomic E-state index is 0.228. The number of nitrogens with one attached hydrogen (secondary N) is 1. The first-order valence-corrected chi connectivity index (χ1v) is 6.00. The lowest BCUT2D eigenvalue weighted by molar-refractivity contribution is -0.144. The van der Waals surface area contributed by atoms with Gasteiger partial charge in [0.1, 0.15) is 11.9 Å². The summed E-state index contributed by atoms with van der Waals surface area (Å²) in [7, 11) is 0. The molecule has 1 aliphatic heterocycles. The van der Waals surface area contributed by atoms with E-state index in [1.165, 1.54) is 6.07 Å². The number of hydrogen-bond donors (Lipinski definition) is 2. The monoisotopic (exact) mass is 252 g/mol. The lowest BCUT2D eigenvalue weighted by Crippen LogP contribution is -2.54. The maximum Gasteiger partial charge on any atom is 0.322 e. The largest absolute Gasteiger partial charge is 0.480 e. The van der Waals surface area contributed by atoms with Gasteiger partial charge in [0.25, 0.3) is 0 Å². The van der Waals surface area contributed by atoms with E-state index in [-0.39, 0.29) is 5.82 Å². The number of piperazine rings is 1. The Kier molecular flexibility index (Phi) is 3.93. The van der Waals surface area contributed by atoms with Crippen molar-refractivity contribution in [1.82, 2.24) is 10.2 Å². The maximum atomic E-state index is 13.2. The topological polar surface area (TPSA) is 52.6 Å². The van der Waals surface area contributed by atoms with Crippen LogP contribution in [0.25, 0.3) is 0 Å². The quantitative estimate of drug-likeness (QED) is 0.842. The van der Waals surface area contributed by atoms with Gasteiger partial charge in [-0.25, -0.2) is 4.39 Å². The van der Waals surface area contributed by atoms with Crippen molar-refractivity contribution in [2.75, 3.05) is 19.6 Å². The zero-order chi connectivity index (χ0) is 13.1. The van der Waals surface area contributed by atoms with Crippen molar-refractivity contribution in [2.24, 2.45) is 0 Å². The minimum atomic E-state index is -0.818. The third kappa shape index (κ3) is 2.86. The minimum Gasteiger partial charge on any atom is -0.480 e. The number of carbonyl (C=O) groups is 1. The zero-order valence-corrected chi connectivity index (χ0v) is 10.3. The van der Waals surface area contributed by atoms with Crippen LogP contribution in [-0.2, 0) is 11.3 Å². The molecule has 0 amide bonds. The zero-order valence-electron chi connectivity index (χ0n) is 10.3. The van der Waals surface area contributed by atoms with E-state index in [0.717, 1.165) is 12.1 Å². The van der Waals surface area contributed by atoms with Crippen molar-refractivity contribution in [3.63, 3.8) is 0 Å². The summed E-state index contributed by atoms with van der Waals surface area (Å²) in [6, 6.07) is 4.41. The second kappa shape index (κ2) is 5.46. The fourth-order valence-corrected chi connectivity index (χ4v) is 2.22. The molecule has 0 radical (unpaired) electrons. The number of aryl methyl sites for hydroxylation is 1. The van der Waals surface area contributed by atoms with Crippen LogP contribution in [-0.4, -0.2) is 41.7 Å². The Bertz CT molecular complexity index is 451. The third-order valence-corrected chi connectivity index (χ3v) is 3.25. The summed E-state index contributed by atoms with van der Waals surface area (Å²) < 4.78 is 13.2. The van der Waals surface area contributed by atoms with Gasteiger partial charge in [-0.1, -0.05) is 12.1 Å². The van der Waals surface area contributed by atoms with Gasteiger partial charge < -0.3 is 10.4 Å². The Labute approximate surface area is 105 Å². The summed E-state index contributed by atoms with van der Waals surface area (Å²) in [5.74, 6) is -1.05. The predicted molar refractivity (Wildman–Crippen MR) is 65.8 cm³/mol. The van der Waals surface area contributed by atoms with Crippen LogP contribution < -0.4 is 5.32 Å². The highest BCUT2D eigenvalue weighted by atomic mass is 19.1. The van der Waals surface area contributed by atoms with Crippen molar-refractivity contribution in [3.05, 3.63) is 35.1 Å². The molecule has 98 valence electrons. The van der Waals surface area contributed by atoms with E-state index in [2.05, 4.69) is 5.32 Å². The standard InChI is InChI=1S/C13H17FN2O2/c1-9-6-10(2-3-11(9)14)8-16-5-4-15-7-12(16)13(17)18/h2-3,6,12,15H,4-5,7-8H2,1H3,(H,17,18). The molecule has 1 aliphatic rings. The lowest BCUT2D eigenvalue weighted by atomic mass is 10.1. The van der Waals surface area contributed by atoms with Gasteiger partial charge in [0.2, 0.25) is 0 Å². The maximum absolute atomic E-state index is 13.2. The second-order valence-electron chi connectivity index (χ2n) is 4.61. The van der Waals surface area contributed by atoms with Gasteiger partial charge in [-0.2, -0.15) is 0 Å². The van der Waals surface area contributed by atoms with Crippen LogP contribution >= 0.6 is 0 Å². The number of rotatable bonds is 3. The Morgan fingerprint density at radius 3 is 3.06 bits per heavy atom. The SMILES string of the molecule is Cc1cc(CN2CCNCC2C(=O)O)ccc1F. The number of carboxylic acid groups (broad SMARTS) is 1. The highest BCUT2D eigenvalue weighted by Gasteiger charge is 2.28. The van der Waals surface area contributed by atoms with Crippen molar-refractivity contribution in [3.8, 4) is 0 Å². The van der Waals surface area contributed by atoms with E-state index in [1.807, 2.05) is 4.90 Å². The van der Waals surface area contributed by atoms with Crippen LogP contribution in [0.4, 0.5) is 4.39 Å². The van der Waals surface area contributed by atoms with Crippen molar-refractivity contribution < 1.29 is 14.3 Å². The molecule has 4 nitrogen and oxygen atoms in total. The van der Waals surface area contributed by atoms with Gasteiger partial charge in [-0.15, -0.1) is 0 Å². The normalized spacial score (nSPS) is 20.9. The summed E-state index contributed by atoms with van der Waals surface area (Å²) in [6.45, 7) is 4.18. The second-order valence-corrected chi connectivity index (χ2v) is 4.61. The lowest BCUT2D eigenvalue weighted by Gasteiger charge is -2.33. The molecule has 0 spiro atoms. The van der Waals surface area contributed by atoms with Crippen LogP contribution in [0.1, 0.15) is 11.1 Å². The van der Waals surface area contributed by atoms with Crippen LogP contribution in [0, 0.1) is 12.7 Å². The molecule has 0 aliphatic carbocycles. The van der Waals surface area contributed by atoms with E-state index in [4.69, 9.17) is 5.11 Å². The summed E-state index contributed by atoms with van der Waals surface area (Å²) in [5, 5.41) is 12.2. The van der Waals surface area contributed by atoms with Crippen LogP contribution in [0.3, 0.4) is 0 Å². The Hall–Kier alpha value is -1.46. The van der Waals surface area contributed by atoms with E-state index < -0.39 is 12.0 Å². The van der Waals surface area contributed by atoms with Gasteiger partial charge in [0.05, 0.1) is 0 Å². The van der Waals surface area contributed by atoms with E-state index in [1.54, 1.807) is 19.1 Å². The van der Waals surface area contributed by atoms with E-state index in [9.17, 15) is 9.18 Å². The molecule has 1 unspecified atom stereocenters. The molecule has 2 N–H and O–H groups in total. The molecule has 0 bridgehead atoms. The van der Waals surface area contributed by atoms with Gasteiger partial charge in [0.15, 0.2) is 0 Å². The highest BCUT2D eigenvalue weighted by Crippen LogP contribution is 2.14. The Balaban J connectivity index is 2.10. The van der Waals surface area contributed by atoms with Crippen molar-refractivity contribution in [1.29, 1.82) is 0 Å². The molecule has 1 heterocycles. The number of halogens is 1. The van der Waals surface area contributed by atoms with Crippen molar-refractivity contribution in [2.45, 2.75) is 19.5 Å². The van der Waals surface area contributed by atoms with Gasteiger partial charge in [-0.05, 0) is 24.1 Å². The molecule has 0 saturated carbocycles. The number of aliphatic carboxylic acids is 1. The smallest absolute Gasteiger partial charge is 0.322 e. The van der Waals surface area contributed by atoms with Crippen LogP contribution in [0.15, 0.2) is 18.2 Å².